The van der Waals surface area contributed by atoms with E-state index in [1.165, 1.54) is 22.3 Å². The first kappa shape index (κ1) is 19.0. The van der Waals surface area contributed by atoms with Crippen LogP contribution in [0.4, 0.5) is 5.00 Å². The van der Waals surface area contributed by atoms with Gasteiger partial charge >= 0.3 is 0 Å². The summed E-state index contributed by atoms with van der Waals surface area (Å²) < 4.78 is 10.8. The Kier molecular flexibility index (Phi) is 6.15. The lowest BCUT2D eigenvalue weighted by Crippen LogP contribution is -2.07. The second-order valence-electron chi connectivity index (χ2n) is 6.19. The molecule has 0 unspecified atom stereocenters. The fraction of sp³-hybridized carbons (Fsp3) is 0.333. The zero-order chi connectivity index (χ0) is 19.2. The Hall–Kier alpha value is -2.78. The summed E-state index contributed by atoms with van der Waals surface area (Å²) in [6.07, 6.45) is 7.35. The smallest absolute Gasteiger partial charge is 0.249 e. The molecular weight excluding hydrogens is 360 g/mol. The topological polar surface area (TPSA) is 71.3 Å². The molecule has 1 aromatic heterocycles. The number of carbonyl (C=O) groups excluding carboxylic acids is 1. The third kappa shape index (κ3) is 4.32. The van der Waals surface area contributed by atoms with E-state index in [0.717, 1.165) is 36.8 Å². The summed E-state index contributed by atoms with van der Waals surface area (Å²) >= 11 is 1.53. The number of hydrogen-bond donors (Lipinski definition) is 1. The Bertz CT molecular complexity index is 909. The molecule has 1 heterocycles. The average molecular weight is 382 g/mol. The summed E-state index contributed by atoms with van der Waals surface area (Å²) in [6, 6.07) is 7.75. The van der Waals surface area contributed by atoms with Crippen LogP contribution in [0.15, 0.2) is 24.3 Å². The molecule has 1 aliphatic rings. The fourth-order valence-electron chi connectivity index (χ4n) is 3.16. The standard InChI is InChI=1S/C21H22N2O3S/c1-3-26-18-12-14(8-10-17(18)25-2)9-11-20(24)23-21-16(13-22)15-6-4-5-7-19(15)27-21/h8-12H,3-7H2,1-2H3,(H,23,24)/b11-9+. The number of amides is 1. The summed E-state index contributed by atoms with van der Waals surface area (Å²) in [6.45, 7) is 2.44. The molecule has 0 saturated heterocycles. The molecule has 2 aromatic rings. The minimum Gasteiger partial charge on any atom is -0.493 e. The molecule has 6 heteroatoms. The van der Waals surface area contributed by atoms with Crippen molar-refractivity contribution in [1.29, 1.82) is 5.26 Å². The molecule has 140 valence electrons. The number of rotatable bonds is 6. The van der Waals surface area contributed by atoms with E-state index in [9.17, 15) is 10.1 Å². The number of nitrogens with one attached hydrogen (secondary N) is 1. The highest BCUT2D eigenvalue weighted by Crippen LogP contribution is 2.37. The lowest BCUT2D eigenvalue weighted by Gasteiger charge is -2.09. The fourth-order valence-corrected chi connectivity index (χ4v) is 4.41. The number of fused-ring (bicyclic) bond motifs is 1. The average Bonchev–Trinajstić information content (AvgIpc) is 3.03. The molecule has 0 radical (unpaired) electrons. The second kappa shape index (κ2) is 8.74. The van der Waals surface area contributed by atoms with Crippen molar-refractivity contribution in [1.82, 2.24) is 0 Å². The number of aryl methyl sites for hydroxylation is 1. The van der Waals surface area contributed by atoms with Crippen LogP contribution in [0.5, 0.6) is 11.5 Å². The summed E-state index contributed by atoms with van der Waals surface area (Å²) in [5, 5.41) is 13.0. The molecule has 0 spiro atoms. The van der Waals surface area contributed by atoms with Crippen molar-refractivity contribution in [2.45, 2.75) is 32.6 Å². The monoisotopic (exact) mass is 382 g/mol. The summed E-state index contributed by atoms with van der Waals surface area (Å²) in [5.41, 5.74) is 2.57. The van der Waals surface area contributed by atoms with E-state index in [1.54, 1.807) is 13.2 Å². The van der Waals surface area contributed by atoms with Crippen molar-refractivity contribution < 1.29 is 14.3 Å². The van der Waals surface area contributed by atoms with E-state index < -0.39 is 0 Å². The summed E-state index contributed by atoms with van der Waals surface area (Å²) in [7, 11) is 1.59. The number of carbonyl (C=O) groups is 1. The van der Waals surface area contributed by atoms with Gasteiger partial charge in [0.05, 0.1) is 19.3 Å². The quantitative estimate of drug-likeness (QED) is 0.744. The maximum absolute atomic E-state index is 12.3. The molecule has 0 bridgehead atoms. The molecule has 1 N–H and O–H groups in total. The molecule has 3 rings (SSSR count). The normalized spacial score (nSPS) is 13.1. The van der Waals surface area contributed by atoms with E-state index in [0.29, 0.717) is 28.7 Å². The highest BCUT2D eigenvalue weighted by atomic mass is 32.1. The lowest BCUT2D eigenvalue weighted by molar-refractivity contribution is -0.111. The minimum atomic E-state index is -0.251. The number of hydrogen-bond acceptors (Lipinski definition) is 5. The Morgan fingerprint density at radius 1 is 1.33 bits per heavy atom. The number of nitriles is 1. The molecule has 1 amide bonds. The highest BCUT2D eigenvalue weighted by molar-refractivity contribution is 7.16. The van der Waals surface area contributed by atoms with E-state index >= 15 is 0 Å². The Balaban J connectivity index is 1.74. The van der Waals surface area contributed by atoms with Crippen LogP contribution in [0, 0.1) is 11.3 Å². The third-order valence-corrected chi connectivity index (χ3v) is 5.64. The van der Waals surface area contributed by atoms with Gasteiger partial charge in [-0.25, -0.2) is 0 Å². The SMILES string of the molecule is CCOc1cc(/C=C/C(=O)Nc2sc3c(c2C#N)CCCC3)ccc1OC. The van der Waals surface area contributed by atoms with Crippen LogP contribution >= 0.6 is 11.3 Å². The van der Waals surface area contributed by atoms with Crippen LogP contribution in [0.25, 0.3) is 6.08 Å². The number of ether oxygens (including phenoxy) is 2. The van der Waals surface area contributed by atoms with Gasteiger partial charge in [0.25, 0.3) is 0 Å². The van der Waals surface area contributed by atoms with Crippen molar-refractivity contribution in [2.75, 3.05) is 19.0 Å². The van der Waals surface area contributed by atoms with Crippen molar-refractivity contribution in [2.24, 2.45) is 0 Å². The van der Waals surface area contributed by atoms with Gasteiger partial charge in [-0.15, -0.1) is 11.3 Å². The Labute approximate surface area is 163 Å². The van der Waals surface area contributed by atoms with Gasteiger partial charge in [0.2, 0.25) is 5.91 Å². The number of anilines is 1. The van der Waals surface area contributed by atoms with Crippen molar-refractivity contribution in [3.8, 4) is 17.6 Å². The first-order valence-electron chi connectivity index (χ1n) is 9.00. The van der Waals surface area contributed by atoms with E-state index in [4.69, 9.17) is 9.47 Å². The van der Waals surface area contributed by atoms with Crippen LogP contribution < -0.4 is 14.8 Å². The Morgan fingerprint density at radius 2 is 2.15 bits per heavy atom. The zero-order valence-electron chi connectivity index (χ0n) is 15.5. The number of benzene rings is 1. The zero-order valence-corrected chi connectivity index (χ0v) is 16.3. The van der Waals surface area contributed by atoms with Crippen LogP contribution in [0.2, 0.25) is 0 Å². The summed E-state index contributed by atoms with van der Waals surface area (Å²) in [4.78, 5) is 13.6. The summed E-state index contributed by atoms with van der Waals surface area (Å²) in [5.74, 6) is 1.04. The molecular formula is C21H22N2O3S. The Morgan fingerprint density at radius 3 is 2.89 bits per heavy atom. The second-order valence-corrected chi connectivity index (χ2v) is 7.30. The first-order valence-corrected chi connectivity index (χ1v) is 9.82. The van der Waals surface area contributed by atoms with Crippen LogP contribution in [-0.2, 0) is 17.6 Å². The van der Waals surface area contributed by atoms with Gasteiger partial charge in [-0.3, -0.25) is 4.79 Å². The number of thiophene rings is 1. The maximum atomic E-state index is 12.3. The van der Waals surface area contributed by atoms with E-state index in [-0.39, 0.29) is 5.91 Å². The lowest BCUT2D eigenvalue weighted by atomic mass is 9.96. The van der Waals surface area contributed by atoms with Gasteiger partial charge in [-0.2, -0.15) is 5.26 Å². The molecule has 0 aliphatic heterocycles. The van der Waals surface area contributed by atoms with Crippen molar-refractivity contribution >= 4 is 28.3 Å². The molecule has 0 saturated carbocycles. The van der Waals surface area contributed by atoms with Gasteiger partial charge < -0.3 is 14.8 Å². The largest absolute Gasteiger partial charge is 0.493 e. The van der Waals surface area contributed by atoms with Gasteiger partial charge in [0.15, 0.2) is 11.5 Å². The third-order valence-electron chi connectivity index (χ3n) is 4.43. The number of methoxy groups -OCH3 is 1. The molecule has 0 fully saturated rings. The van der Waals surface area contributed by atoms with Crippen LogP contribution in [0.3, 0.4) is 0 Å². The maximum Gasteiger partial charge on any atom is 0.249 e. The predicted octanol–water partition coefficient (Wildman–Crippen LogP) is 4.56. The minimum absolute atomic E-state index is 0.251. The molecule has 0 atom stereocenters. The van der Waals surface area contributed by atoms with Gasteiger partial charge in [-0.05, 0) is 61.9 Å². The first-order chi connectivity index (χ1) is 13.2. The molecule has 1 aromatic carbocycles. The highest BCUT2D eigenvalue weighted by Gasteiger charge is 2.21. The molecule has 1 aliphatic carbocycles. The predicted molar refractivity (Wildman–Crippen MR) is 108 cm³/mol. The van der Waals surface area contributed by atoms with Crippen LogP contribution in [0.1, 0.15) is 41.3 Å². The van der Waals surface area contributed by atoms with E-state index in [2.05, 4.69) is 11.4 Å². The van der Waals surface area contributed by atoms with E-state index in [1.807, 2.05) is 25.1 Å². The van der Waals surface area contributed by atoms with Crippen LogP contribution in [-0.4, -0.2) is 19.6 Å². The van der Waals surface area contributed by atoms with Crippen molar-refractivity contribution in [3.63, 3.8) is 0 Å². The van der Waals surface area contributed by atoms with Gasteiger partial charge in [0.1, 0.15) is 11.1 Å². The molecule has 5 nitrogen and oxygen atoms in total. The van der Waals surface area contributed by atoms with Gasteiger partial charge in [-0.1, -0.05) is 6.07 Å². The number of nitrogens with zero attached hydrogens (tertiary/aromatic N) is 1. The van der Waals surface area contributed by atoms with Gasteiger partial charge in [0, 0.05) is 11.0 Å². The molecule has 27 heavy (non-hydrogen) atoms. The van der Waals surface area contributed by atoms with Crippen molar-refractivity contribution in [3.05, 3.63) is 45.8 Å².